The molecule has 3 aromatic rings. The van der Waals surface area contributed by atoms with Crippen LogP contribution in [0.15, 0.2) is 53.1 Å². The number of furan rings is 1. The van der Waals surface area contributed by atoms with Crippen molar-refractivity contribution in [1.82, 2.24) is 9.78 Å². The van der Waals surface area contributed by atoms with Crippen molar-refractivity contribution in [2.24, 2.45) is 0 Å². The van der Waals surface area contributed by atoms with Gasteiger partial charge >= 0.3 is 0 Å². The fourth-order valence-electron chi connectivity index (χ4n) is 2.22. The largest absolute Gasteiger partial charge is 0.483 e. The predicted octanol–water partition coefficient (Wildman–Crippen LogP) is 4.25. The Morgan fingerprint density at radius 2 is 2.12 bits per heavy atom. The second kappa shape index (κ2) is 7.77. The number of halogens is 2. The van der Waals surface area contributed by atoms with Gasteiger partial charge in [0.2, 0.25) is 5.78 Å². The molecule has 1 aromatic carbocycles. The molecule has 134 valence electrons. The Morgan fingerprint density at radius 3 is 2.85 bits per heavy atom. The van der Waals surface area contributed by atoms with Crippen LogP contribution in [0.1, 0.15) is 28.9 Å². The van der Waals surface area contributed by atoms with Crippen LogP contribution < -0.4 is 4.74 Å². The second-order valence-electron chi connectivity index (χ2n) is 5.42. The Kier molecular flexibility index (Phi) is 5.26. The van der Waals surface area contributed by atoms with E-state index in [4.69, 9.17) is 9.15 Å². The highest BCUT2D eigenvalue weighted by molar-refractivity contribution is 6.05. The van der Waals surface area contributed by atoms with E-state index in [9.17, 15) is 13.6 Å². The summed E-state index contributed by atoms with van der Waals surface area (Å²) in [4.78, 5) is 12.0. The van der Waals surface area contributed by atoms with Crippen molar-refractivity contribution < 1.29 is 22.7 Å². The lowest BCUT2D eigenvalue weighted by molar-refractivity contribution is 0.104. The lowest BCUT2D eigenvalue weighted by Crippen LogP contribution is -1.99. The van der Waals surface area contributed by atoms with Gasteiger partial charge in [-0.3, -0.25) is 9.48 Å². The molecule has 0 aliphatic rings. The lowest BCUT2D eigenvalue weighted by atomic mass is 10.2. The van der Waals surface area contributed by atoms with Crippen molar-refractivity contribution in [2.45, 2.75) is 20.1 Å². The molecule has 7 heteroatoms. The van der Waals surface area contributed by atoms with Crippen LogP contribution in [0.5, 0.6) is 5.75 Å². The molecule has 0 aliphatic heterocycles. The molecular formula is C19H16F2N2O3. The third kappa shape index (κ3) is 4.24. The van der Waals surface area contributed by atoms with Crippen LogP contribution in [0.4, 0.5) is 8.78 Å². The predicted molar refractivity (Wildman–Crippen MR) is 90.7 cm³/mol. The highest BCUT2D eigenvalue weighted by atomic mass is 19.1. The Labute approximate surface area is 148 Å². The van der Waals surface area contributed by atoms with E-state index < -0.39 is 11.6 Å². The van der Waals surface area contributed by atoms with E-state index in [1.54, 1.807) is 29.1 Å². The minimum absolute atomic E-state index is 0.0226. The standard InChI is InChI=1S/C19H16F2N2O3/c1-2-23-10-9-17(22-23)18(24)7-6-14-4-5-15(26-14)12-25-19-8-3-13(20)11-16(19)21/h3-11H,2,12H2,1H3/b7-6+. The molecule has 0 saturated carbocycles. The fourth-order valence-corrected chi connectivity index (χ4v) is 2.22. The number of nitrogens with zero attached hydrogens (tertiary/aromatic N) is 2. The molecule has 0 radical (unpaired) electrons. The number of hydrogen-bond donors (Lipinski definition) is 0. The van der Waals surface area contributed by atoms with Crippen molar-refractivity contribution in [3.63, 3.8) is 0 Å². The number of rotatable bonds is 7. The molecule has 0 aliphatic carbocycles. The zero-order valence-corrected chi connectivity index (χ0v) is 14.0. The third-order valence-corrected chi connectivity index (χ3v) is 3.56. The van der Waals surface area contributed by atoms with E-state index in [1.807, 2.05) is 6.92 Å². The van der Waals surface area contributed by atoms with Crippen LogP contribution in [0.3, 0.4) is 0 Å². The van der Waals surface area contributed by atoms with Crippen molar-refractivity contribution in [1.29, 1.82) is 0 Å². The molecule has 0 unspecified atom stereocenters. The average molecular weight is 358 g/mol. The number of carbonyl (C=O) groups is 1. The number of ketones is 1. The Morgan fingerprint density at radius 1 is 1.27 bits per heavy atom. The molecule has 0 saturated heterocycles. The maximum Gasteiger partial charge on any atom is 0.206 e. The van der Waals surface area contributed by atoms with Crippen LogP contribution in [0.25, 0.3) is 6.08 Å². The van der Waals surface area contributed by atoms with Crippen LogP contribution in [-0.4, -0.2) is 15.6 Å². The van der Waals surface area contributed by atoms with Crippen LogP contribution >= 0.6 is 0 Å². The monoisotopic (exact) mass is 358 g/mol. The molecule has 0 amide bonds. The minimum atomic E-state index is -0.784. The first-order valence-electron chi connectivity index (χ1n) is 7.97. The maximum atomic E-state index is 13.5. The molecule has 2 heterocycles. The molecule has 0 atom stereocenters. The molecule has 0 fully saturated rings. The van der Waals surface area contributed by atoms with Gasteiger partial charge in [0.15, 0.2) is 11.6 Å². The highest BCUT2D eigenvalue weighted by Gasteiger charge is 2.08. The number of allylic oxidation sites excluding steroid dienone is 1. The summed E-state index contributed by atoms with van der Waals surface area (Å²) < 4.78 is 38.8. The maximum absolute atomic E-state index is 13.5. The lowest BCUT2D eigenvalue weighted by Gasteiger charge is -2.05. The van der Waals surface area contributed by atoms with Gasteiger partial charge in [0, 0.05) is 18.8 Å². The number of aryl methyl sites for hydroxylation is 1. The van der Waals surface area contributed by atoms with Gasteiger partial charge in [0.1, 0.15) is 29.6 Å². The zero-order valence-electron chi connectivity index (χ0n) is 14.0. The summed E-state index contributed by atoms with van der Waals surface area (Å²) in [5.41, 5.74) is 0.352. The number of hydrogen-bond acceptors (Lipinski definition) is 4. The van der Waals surface area contributed by atoms with E-state index in [-0.39, 0.29) is 18.1 Å². The summed E-state index contributed by atoms with van der Waals surface area (Å²) >= 11 is 0. The fraction of sp³-hybridized carbons (Fsp3) is 0.158. The van der Waals surface area contributed by atoms with Crippen molar-refractivity contribution in [3.8, 4) is 5.75 Å². The minimum Gasteiger partial charge on any atom is -0.483 e. The summed E-state index contributed by atoms with van der Waals surface area (Å²) in [6, 6.07) is 8.03. The van der Waals surface area contributed by atoms with Crippen molar-refractivity contribution >= 4 is 11.9 Å². The normalized spacial score (nSPS) is 11.2. The first-order chi connectivity index (χ1) is 12.5. The first kappa shape index (κ1) is 17.6. The second-order valence-corrected chi connectivity index (χ2v) is 5.42. The smallest absolute Gasteiger partial charge is 0.206 e. The van der Waals surface area contributed by atoms with E-state index in [1.165, 1.54) is 18.2 Å². The Hall–Kier alpha value is -3.22. The van der Waals surface area contributed by atoms with Gasteiger partial charge in [0.05, 0.1) is 0 Å². The average Bonchev–Trinajstić information content (AvgIpc) is 3.28. The number of aromatic nitrogens is 2. The number of carbonyl (C=O) groups excluding carboxylic acids is 1. The quantitative estimate of drug-likeness (QED) is 0.468. The Bertz CT molecular complexity index is 944. The number of ether oxygens (including phenoxy) is 1. The van der Waals surface area contributed by atoms with E-state index in [0.717, 1.165) is 12.1 Å². The van der Waals surface area contributed by atoms with Gasteiger partial charge in [-0.15, -0.1) is 0 Å². The SMILES string of the molecule is CCn1ccc(C(=O)/C=C/c2ccc(COc3ccc(F)cc3F)o2)n1. The van der Waals surface area contributed by atoms with Gasteiger partial charge in [-0.1, -0.05) is 0 Å². The molecule has 2 aromatic heterocycles. The number of benzene rings is 1. The first-order valence-corrected chi connectivity index (χ1v) is 7.97. The summed E-state index contributed by atoms with van der Waals surface area (Å²) in [7, 11) is 0. The molecule has 0 spiro atoms. The highest BCUT2D eigenvalue weighted by Crippen LogP contribution is 2.20. The molecule has 5 nitrogen and oxygen atoms in total. The van der Waals surface area contributed by atoms with Gasteiger partial charge in [0.25, 0.3) is 0 Å². The summed E-state index contributed by atoms with van der Waals surface area (Å²) in [6.07, 6.45) is 4.62. The molecular weight excluding hydrogens is 342 g/mol. The zero-order chi connectivity index (χ0) is 18.5. The van der Waals surface area contributed by atoms with Crippen molar-refractivity contribution in [3.05, 3.63) is 77.5 Å². The third-order valence-electron chi connectivity index (χ3n) is 3.56. The summed E-state index contributed by atoms with van der Waals surface area (Å²) in [5, 5.41) is 4.13. The van der Waals surface area contributed by atoms with Crippen LogP contribution in [0, 0.1) is 11.6 Å². The van der Waals surface area contributed by atoms with Crippen LogP contribution in [-0.2, 0) is 13.2 Å². The van der Waals surface area contributed by atoms with E-state index in [2.05, 4.69) is 5.10 Å². The van der Waals surface area contributed by atoms with E-state index in [0.29, 0.717) is 23.8 Å². The Balaban J connectivity index is 1.59. The van der Waals surface area contributed by atoms with Gasteiger partial charge in [-0.2, -0.15) is 5.10 Å². The summed E-state index contributed by atoms with van der Waals surface area (Å²) in [5.74, 6) is -0.869. The molecule has 0 bridgehead atoms. The molecule has 26 heavy (non-hydrogen) atoms. The van der Waals surface area contributed by atoms with Gasteiger partial charge in [-0.25, -0.2) is 8.78 Å². The van der Waals surface area contributed by atoms with Gasteiger partial charge < -0.3 is 9.15 Å². The molecule has 3 rings (SSSR count). The summed E-state index contributed by atoms with van der Waals surface area (Å²) in [6.45, 7) is 2.60. The van der Waals surface area contributed by atoms with E-state index >= 15 is 0 Å². The van der Waals surface area contributed by atoms with Crippen LogP contribution in [0.2, 0.25) is 0 Å². The topological polar surface area (TPSA) is 57.3 Å². The van der Waals surface area contributed by atoms with Crippen molar-refractivity contribution in [2.75, 3.05) is 0 Å². The van der Waals surface area contributed by atoms with Gasteiger partial charge in [-0.05, 0) is 49.4 Å². The molecule has 0 N–H and O–H groups in total.